The monoisotopic (exact) mass is 382 g/mol. The highest BCUT2D eigenvalue weighted by Crippen LogP contribution is 2.39. The van der Waals surface area contributed by atoms with Crippen LogP contribution < -0.4 is 10.5 Å². The Balaban J connectivity index is 1.97. The number of hydrogen-bond acceptors (Lipinski definition) is 5. The first-order valence-electron chi connectivity index (χ1n) is 8.75. The summed E-state index contributed by atoms with van der Waals surface area (Å²) in [6.07, 6.45) is 2.42. The molecule has 1 amide bonds. The Hall–Kier alpha value is -2.86. The maximum atomic E-state index is 12.7. The molecular weight excluding hydrogens is 364 g/mol. The molecule has 1 aliphatic rings. The van der Waals surface area contributed by atoms with Gasteiger partial charge in [0.25, 0.3) is 5.91 Å². The fourth-order valence-electron chi connectivity index (χ4n) is 3.58. The maximum absolute atomic E-state index is 12.7. The minimum Gasteiger partial charge on any atom is -0.481 e. The van der Waals surface area contributed by atoms with Crippen molar-refractivity contribution in [2.75, 3.05) is 19.4 Å². The summed E-state index contributed by atoms with van der Waals surface area (Å²) < 4.78 is 5.40. The van der Waals surface area contributed by atoms with Crippen LogP contribution in [0.25, 0.3) is 22.0 Å². The molecule has 3 aromatic rings. The zero-order valence-electron chi connectivity index (χ0n) is 15.1. The topological polar surface area (TPSA) is 81.3 Å². The first-order valence-corrected chi connectivity index (χ1v) is 9.13. The number of hydrogen-bond donors (Lipinski definition) is 1. The predicted molar refractivity (Wildman–Crippen MR) is 106 cm³/mol. The molecule has 0 radical (unpaired) electrons. The molecular formula is C20H19ClN4O2. The van der Waals surface area contributed by atoms with Crippen LogP contribution in [0.2, 0.25) is 5.02 Å². The van der Waals surface area contributed by atoms with Crippen LogP contribution in [0.5, 0.6) is 5.88 Å². The van der Waals surface area contributed by atoms with Gasteiger partial charge in [0.05, 0.1) is 41.1 Å². The van der Waals surface area contributed by atoms with E-state index in [0.717, 1.165) is 22.9 Å². The van der Waals surface area contributed by atoms with Crippen molar-refractivity contribution in [2.45, 2.75) is 19.9 Å². The third kappa shape index (κ3) is 2.77. The van der Waals surface area contributed by atoms with Crippen molar-refractivity contribution in [3.63, 3.8) is 0 Å². The summed E-state index contributed by atoms with van der Waals surface area (Å²) in [5.74, 6) is 0.405. The largest absolute Gasteiger partial charge is 0.481 e. The predicted octanol–water partition coefficient (Wildman–Crippen LogP) is 3.91. The van der Waals surface area contributed by atoms with E-state index in [1.807, 2.05) is 25.1 Å². The standard InChI is InChI=1S/C20H19ClN4O2/c1-3-7-25-10-15-16(20(25)26)17(22)13-6-4-5-12(18(13)24-15)14-8-11(21)9-23-19(14)27-2/h4-6,8-9H,3,7,10H2,1-2H3,(H2,22,24). The van der Waals surface area contributed by atoms with E-state index in [9.17, 15) is 4.79 Å². The van der Waals surface area contributed by atoms with Gasteiger partial charge in [0.2, 0.25) is 5.88 Å². The number of anilines is 1. The SMILES string of the molecule is CCCN1Cc2nc3c(-c4cc(Cl)cnc4OC)cccc3c(N)c2C1=O. The lowest BCUT2D eigenvalue weighted by Crippen LogP contribution is -2.24. The van der Waals surface area contributed by atoms with Gasteiger partial charge in [-0.1, -0.05) is 36.7 Å². The van der Waals surface area contributed by atoms with Gasteiger partial charge in [0.15, 0.2) is 0 Å². The van der Waals surface area contributed by atoms with Crippen LogP contribution in [0, 0.1) is 0 Å². The van der Waals surface area contributed by atoms with E-state index in [0.29, 0.717) is 46.5 Å². The molecule has 2 aromatic heterocycles. The molecule has 1 aliphatic heterocycles. The van der Waals surface area contributed by atoms with Crippen LogP contribution >= 0.6 is 11.6 Å². The van der Waals surface area contributed by atoms with Crippen LogP contribution in [0.15, 0.2) is 30.5 Å². The van der Waals surface area contributed by atoms with Gasteiger partial charge in [-0.15, -0.1) is 0 Å². The van der Waals surface area contributed by atoms with Crippen molar-refractivity contribution < 1.29 is 9.53 Å². The molecule has 0 saturated carbocycles. The number of rotatable bonds is 4. The van der Waals surface area contributed by atoms with Gasteiger partial charge < -0.3 is 15.4 Å². The third-order valence-electron chi connectivity index (χ3n) is 4.77. The Labute approximate surface area is 161 Å². The molecule has 1 aromatic carbocycles. The molecule has 27 heavy (non-hydrogen) atoms. The van der Waals surface area contributed by atoms with E-state index in [1.165, 1.54) is 6.20 Å². The van der Waals surface area contributed by atoms with Gasteiger partial charge in [0, 0.05) is 29.3 Å². The average Bonchev–Trinajstić information content (AvgIpc) is 2.97. The number of nitrogens with two attached hydrogens (primary N) is 1. The van der Waals surface area contributed by atoms with Crippen molar-refractivity contribution in [3.05, 3.63) is 46.7 Å². The number of nitrogen functional groups attached to an aromatic ring is 1. The molecule has 0 spiro atoms. The number of carbonyl (C=O) groups excluding carboxylic acids is 1. The van der Waals surface area contributed by atoms with E-state index in [2.05, 4.69) is 4.98 Å². The number of nitrogens with zero attached hydrogens (tertiary/aromatic N) is 3. The first-order chi connectivity index (χ1) is 13.0. The van der Waals surface area contributed by atoms with Gasteiger partial charge in [-0.2, -0.15) is 0 Å². The van der Waals surface area contributed by atoms with E-state index < -0.39 is 0 Å². The summed E-state index contributed by atoms with van der Waals surface area (Å²) in [6.45, 7) is 3.20. The van der Waals surface area contributed by atoms with Gasteiger partial charge in [0.1, 0.15) is 0 Å². The zero-order valence-corrected chi connectivity index (χ0v) is 15.9. The van der Waals surface area contributed by atoms with E-state index in [4.69, 9.17) is 27.1 Å². The molecule has 0 unspecified atom stereocenters. The lowest BCUT2D eigenvalue weighted by molar-refractivity contribution is 0.0779. The summed E-state index contributed by atoms with van der Waals surface area (Å²) in [4.78, 5) is 23.6. The van der Waals surface area contributed by atoms with Crippen LogP contribution in [0.4, 0.5) is 5.69 Å². The third-order valence-corrected chi connectivity index (χ3v) is 4.97. The fraction of sp³-hybridized carbons (Fsp3) is 0.250. The Morgan fingerprint density at radius 2 is 2.15 bits per heavy atom. The minimum absolute atomic E-state index is 0.0499. The normalized spacial score (nSPS) is 13.3. The summed E-state index contributed by atoms with van der Waals surface area (Å²) >= 11 is 6.16. The lowest BCUT2D eigenvalue weighted by atomic mass is 10.00. The highest BCUT2D eigenvalue weighted by Gasteiger charge is 2.32. The summed E-state index contributed by atoms with van der Waals surface area (Å²) in [6, 6.07) is 7.48. The second kappa shape index (κ2) is 6.70. The molecule has 2 N–H and O–H groups in total. The second-order valence-corrected chi connectivity index (χ2v) is 6.92. The molecule has 0 aliphatic carbocycles. The molecule has 6 nitrogen and oxygen atoms in total. The molecule has 0 fully saturated rings. The Kier molecular flexibility index (Phi) is 4.36. The minimum atomic E-state index is -0.0499. The molecule has 138 valence electrons. The Morgan fingerprint density at radius 3 is 2.89 bits per heavy atom. The van der Waals surface area contributed by atoms with Crippen molar-refractivity contribution >= 4 is 34.1 Å². The summed E-state index contributed by atoms with van der Waals surface area (Å²) in [7, 11) is 1.56. The molecule has 3 heterocycles. The quantitative estimate of drug-likeness (QED) is 0.739. The number of amides is 1. The number of pyridine rings is 2. The fourth-order valence-corrected chi connectivity index (χ4v) is 3.73. The van der Waals surface area contributed by atoms with Crippen molar-refractivity contribution in [3.8, 4) is 17.0 Å². The van der Waals surface area contributed by atoms with E-state index >= 15 is 0 Å². The highest BCUT2D eigenvalue weighted by atomic mass is 35.5. The van der Waals surface area contributed by atoms with Crippen molar-refractivity contribution in [1.29, 1.82) is 0 Å². The van der Waals surface area contributed by atoms with Gasteiger partial charge in [-0.25, -0.2) is 9.97 Å². The van der Waals surface area contributed by atoms with Crippen LogP contribution in [-0.4, -0.2) is 34.4 Å². The van der Waals surface area contributed by atoms with Gasteiger partial charge in [-0.05, 0) is 12.5 Å². The average molecular weight is 383 g/mol. The lowest BCUT2D eigenvalue weighted by Gasteiger charge is -2.13. The number of aromatic nitrogens is 2. The number of benzene rings is 1. The molecule has 0 saturated heterocycles. The van der Waals surface area contributed by atoms with Crippen LogP contribution in [-0.2, 0) is 6.54 Å². The summed E-state index contributed by atoms with van der Waals surface area (Å²) in [5.41, 5.74) is 10.4. The van der Waals surface area contributed by atoms with Gasteiger partial charge >= 0.3 is 0 Å². The molecule has 0 atom stereocenters. The second-order valence-electron chi connectivity index (χ2n) is 6.49. The van der Waals surface area contributed by atoms with Crippen molar-refractivity contribution in [2.24, 2.45) is 0 Å². The zero-order chi connectivity index (χ0) is 19.1. The smallest absolute Gasteiger partial charge is 0.258 e. The van der Waals surface area contributed by atoms with Crippen LogP contribution in [0.1, 0.15) is 29.4 Å². The number of para-hydroxylation sites is 1. The molecule has 7 heteroatoms. The van der Waals surface area contributed by atoms with Gasteiger partial charge in [-0.3, -0.25) is 4.79 Å². The first kappa shape index (κ1) is 17.5. The molecule has 0 bridgehead atoms. The van der Waals surface area contributed by atoms with Crippen molar-refractivity contribution in [1.82, 2.24) is 14.9 Å². The number of fused-ring (bicyclic) bond motifs is 2. The Bertz CT molecular complexity index is 1070. The number of halogens is 1. The van der Waals surface area contributed by atoms with Crippen LogP contribution in [0.3, 0.4) is 0 Å². The molecule has 4 rings (SSSR count). The van der Waals surface area contributed by atoms with E-state index in [-0.39, 0.29) is 5.91 Å². The number of carbonyl (C=O) groups is 1. The maximum Gasteiger partial charge on any atom is 0.258 e. The van der Waals surface area contributed by atoms with E-state index in [1.54, 1.807) is 18.1 Å². The Morgan fingerprint density at radius 1 is 1.33 bits per heavy atom. The number of ether oxygens (including phenoxy) is 1. The highest BCUT2D eigenvalue weighted by molar-refractivity contribution is 6.30. The summed E-state index contributed by atoms with van der Waals surface area (Å²) in [5, 5.41) is 1.24. The number of methoxy groups -OCH3 is 1.